The van der Waals surface area contributed by atoms with Crippen molar-refractivity contribution in [3.63, 3.8) is 0 Å². The van der Waals surface area contributed by atoms with Crippen molar-refractivity contribution < 1.29 is 22.7 Å². The van der Waals surface area contributed by atoms with E-state index in [2.05, 4.69) is 4.74 Å². The molecular weight excluding hydrogens is 318 g/mol. The first kappa shape index (κ1) is 17.2. The topological polar surface area (TPSA) is 87.4 Å². The van der Waals surface area contributed by atoms with E-state index in [0.717, 1.165) is 4.73 Å². The third kappa shape index (κ3) is 3.14. The third-order valence-electron chi connectivity index (χ3n) is 3.85. The molecule has 0 atom stereocenters. The first-order valence-corrected chi connectivity index (χ1v) is 8.92. The Morgan fingerprint density at radius 1 is 1.30 bits per heavy atom. The Bertz CT molecular complexity index is 858. The summed E-state index contributed by atoms with van der Waals surface area (Å²) in [5.74, 6) is -0.929. The normalized spacial score (nSPS) is 11.6. The van der Waals surface area contributed by atoms with Crippen LogP contribution in [0.15, 0.2) is 29.2 Å². The zero-order chi connectivity index (χ0) is 17.2. The van der Waals surface area contributed by atoms with E-state index in [9.17, 15) is 18.4 Å². The molecule has 2 rings (SSSR count). The van der Waals surface area contributed by atoms with Gasteiger partial charge < -0.3 is 9.94 Å². The number of esters is 1. The van der Waals surface area contributed by atoms with Crippen molar-refractivity contribution in [1.29, 1.82) is 0 Å². The number of nitrogens with zero attached hydrogens (tertiary/aromatic N) is 1. The van der Waals surface area contributed by atoms with Crippen molar-refractivity contribution in [2.45, 2.75) is 31.6 Å². The summed E-state index contributed by atoms with van der Waals surface area (Å²) < 4.78 is 30.8. The van der Waals surface area contributed by atoms with Gasteiger partial charge in [-0.1, -0.05) is 19.1 Å². The van der Waals surface area contributed by atoms with Crippen LogP contribution in [0, 0.1) is 12.1 Å². The highest BCUT2D eigenvalue weighted by molar-refractivity contribution is 7.91. The van der Waals surface area contributed by atoms with Crippen LogP contribution in [0.25, 0.3) is 10.9 Å². The van der Waals surface area contributed by atoms with E-state index in [1.807, 2.05) is 0 Å². The molecule has 0 saturated heterocycles. The predicted molar refractivity (Wildman–Crippen MR) is 85.7 cm³/mol. The maximum absolute atomic E-state index is 12.8. The van der Waals surface area contributed by atoms with Gasteiger partial charge in [-0.25, -0.2) is 8.42 Å². The summed E-state index contributed by atoms with van der Waals surface area (Å²) in [4.78, 5) is 11.4. The summed E-state index contributed by atoms with van der Waals surface area (Å²) in [6.45, 7) is 3.41. The molecule has 0 aliphatic rings. The van der Waals surface area contributed by atoms with Gasteiger partial charge in [0.25, 0.3) is 0 Å². The van der Waals surface area contributed by atoms with Gasteiger partial charge in [-0.15, -0.1) is 0 Å². The van der Waals surface area contributed by atoms with Gasteiger partial charge in [-0.05, 0) is 12.5 Å². The number of hydrogen-bond acceptors (Lipinski definition) is 5. The average molecular weight is 337 g/mol. The van der Waals surface area contributed by atoms with E-state index >= 15 is 0 Å². The minimum Gasteiger partial charge on any atom is -0.618 e. The number of aromatic nitrogens is 1. The molecule has 0 saturated carbocycles. The van der Waals surface area contributed by atoms with E-state index in [4.69, 9.17) is 0 Å². The Balaban J connectivity index is 2.72. The Morgan fingerprint density at radius 2 is 1.96 bits per heavy atom. The van der Waals surface area contributed by atoms with Crippen molar-refractivity contribution in [2.24, 2.45) is 0 Å². The lowest BCUT2D eigenvalue weighted by molar-refractivity contribution is -0.585. The molecule has 7 heteroatoms. The van der Waals surface area contributed by atoms with Gasteiger partial charge in [0.1, 0.15) is 0 Å². The number of sulfone groups is 1. The highest BCUT2D eigenvalue weighted by atomic mass is 32.2. The van der Waals surface area contributed by atoms with Gasteiger partial charge in [-0.3, -0.25) is 4.79 Å². The predicted octanol–water partition coefficient (Wildman–Crippen LogP) is 1.68. The first-order valence-electron chi connectivity index (χ1n) is 7.26. The second-order valence-corrected chi connectivity index (χ2v) is 7.25. The molecule has 0 fully saturated rings. The van der Waals surface area contributed by atoms with Gasteiger partial charge in [-0.2, -0.15) is 4.73 Å². The number of para-hydroxylation sites is 1. The fourth-order valence-corrected chi connectivity index (χ4v) is 4.48. The molecule has 0 N–H and O–H groups in total. The number of benzene rings is 1. The van der Waals surface area contributed by atoms with E-state index in [1.54, 1.807) is 38.1 Å². The number of carbonyl (C=O) groups excluding carboxylic acids is 1. The zero-order valence-corrected chi connectivity index (χ0v) is 14.1. The SMILES string of the molecule is CCc1c(S(=O)(=O)CCC(=O)OC)c2ccccc2[n+]([O-])c1C. The third-order valence-corrected chi connectivity index (χ3v) is 5.68. The van der Waals surface area contributed by atoms with Gasteiger partial charge in [0.2, 0.25) is 5.52 Å². The number of rotatable bonds is 5. The van der Waals surface area contributed by atoms with Crippen LogP contribution in [0.5, 0.6) is 0 Å². The fourth-order valence-electron chi connectivity index (χ4n) is 2.67. The maximum atomic E-state index is 12.8. The Hall–Kier alpha value is -2.15. The van der Waals surface area contributed by atoms with Crippen LogP contribution in [0.4, 0.5) is 0 Å². The van der Waals surface area contributed by atoms with Crippen LogP contribution in [-0.4, -0.2) is 27.2 Å². The van der Waals surface area contributed by atoms with Gasteiger partial charge in [0, 0.05) is 18.6 Å². The molecule has 0 bridgehead atoms. The molecule has 124 valence electrons. The average Bonchev–Trinajstić information content (AvgIpc) is 2.55. The molecule has 23 heavy (non-hydrogen) atoms. The lowest BCUT2D eigenvalue weighted by Gasteiger charge is -2.15. The molecule has 0 aliphatic heterocycles. The van der Waals surface area contributed by atoms with Crippen LogP contribution < -0.4 is 4.73 Å². The molecule has 2 aromatic rings. The smallest absolute Gasteiger partial charge is 0.306 e. The number of carbonyl (C=O) groups is 1. The summed E-state index contributed by atoms with van der Waals surface area (Å²) in [6, 6.07) is 6.59. The van der Waals surface area contributed by atoms with Gasteiger partial charge in [0.15, 0.2) is 15.5 Å². The second kappa shape index (κ2) is 6.54. The molecular formula is C16H19NO5S. The number of fused-ring (bicyclic) bond motifs is 1. The monoisotopic (exact) mass is 337 g/mol. The highest BCUT2D eigenvalue weighted by Crippen LogP contribution is 2.28. The van der Waals surface area contributed by atoms with Crippen LogP contribution >= 0.6 is 0 Å². The first-order chi connectivity index (χ1) is 10.8. The molecule has 6 nitrogen and oxygen atoms in total. The molecule has 0 amide bonds. The van der Waals surface area contributed by atoms with Crippen LogP contribution in [-0.2, 0) is 25.8 Å². The van der Waals surface area contributed by atoms with Crippen molar-refractivity contribution in [3.05, 3.63) is 40.7 Å². The Morgan fingerprint density at radius 3 is 2.57 bits per heavy atom. The van der Waals surface area contributed by atoms with Crippen molar-refractivity contribution >= 4 is 26.7 Å². The quantitative estimate of drug-likeness (QED) is 0.470. The van der Waals surface area contributed by atoms with E-state index in [0.29, 0.717) is 28.6 Å². The number of ether oxygens (including phenoxy) is 1. The summed E-state index contributed by atoms with van der Waals surface area (Å²) in [7, 11) is -2.51. The summed E-state index contributed by atoms with van der Waals surface area (Å²) in [6.07, 6.45) is 0.188. The summed E-state index contributed by atoms with van der Waals surface area (Å²) in [5.41, 5.74) is 1.16. The maximum Gasteiger partial charge on any atom is 0.306 e. The lowest BCUT2D eigenvalue weighted by atomic mass is 10.1. The molecule has 1 aromatic carbocycles. The number of pyridine rings is 1. The molecule has 0 aliphatic carbocycles. The van der Waals surface area contributed by atoms with Crippen LogP contribution in [0.2, 0.25) is 0 Å². The fraction of sp³-hybridized carbons (Fsp3) is 0.375. The molecule has 0 unspecified atom stereocenters. The van der Waals surface area contributed by atoms with Gasteiger partial charge in [0.05, 0.1) is 29.6 Å². The Labute approximate surface area is 135 Å². The van der Waals surface area contributed by atoms with E-state index in [1.165, 1.54) is 7.11 Å². The van der Waals surface area contributed by atoms with Crippen molar-refractivity contribution in [3.8, 4) is 0 Å². The summed E-state index contributed by atoms with van der Waals surface area (Å²) >= 11 is 0. The second-order valence-electron chi connectivity index (χ2n) is 5.20. The van der Waals surface area contributed by atoms with E-state index in [-0.39, 0.29) is 17.1 Å². The van der Waals surface area contributed by atoms with Crippen LogP contribution in [0.3, 0.4) is 0 Å². The molecule has 0 radical (unpaired) electrons. The van der Waals surface area contributed by atoms with Gasteiger partial charge >= 0.3 is 5.97 Å². The van der Waals surface area contributed by atoms with Crippen molar-refractivity contribution in [1.82, 2.24) is 0 Å². The molecule has 1 aromatic heterocycles. The number of hydrogen-bond donors (Lipinski definition) is 0. The van der Waals surface area contributed by atoms with E-state index < -0.39 is 15.8 Å². The minimum absolute atomic E-state index is 0.143. The molecule has 0 spiro atoms. The van der Waals surface area contributed by atoms with Crippen molar-refractivity contribution in [2.75, 3.05) is 12.9 Å². The lowest BCUT2D eigenvalue weighted by Crippen LogP contribution is -2.34. The summed E-state index contributed by atoms with van der Waals surface area (Å²) in [5, 5.41) is 12.7. The highest BCUT2D eigenvalue weighted by Gasteiger charge is 2.28. The largest absolute Gasteiger partial charge is 0.618 e. The van der Waals surface area contributed by atoms with Crippen LogP contribution in [0.1, 0.15) is 24.6 Å². The molecule has 1 heterocycles. The number of methoxy groups -OCH3 is 1. The minimum atomic E-state index is -3.73. The standard InChI is InChI=1S/C16H19NO5S/c1-4-12-11(2)17(19)14-8-6-5-7-13(14)16(12)23(20,21)10-9-15(18)22-3/h5-8H,4,9-10H2,1-3H3. The zero-order valence-electron chi connectivity index (χ0n) is 13.3. The Kier molecular flexibility index (Phi) is 4.89.